The Balaban J connectivity index is 1.53. The lowest BCUT2D eigenvalue weighted by atomic mass is 10.1. The molecule has 1 saturated heterocycles. The van der Waals surface area contributed by atoms with Crippen LogP contribution in [0.3, 0.4) is 0 Å². The number of anilines is 1. The lowest BCUT2D eigenvalue weighted by molar-refractivity contribution is 0.0948. The van der Waals surface area contributed by atoms with Crippen molar-refractivity contribution in [3.05, 3.63) is 65.2 Å². The summed E-state index contributed by atoms with van der Waals surface area (Å²) in [6, 6.07) is 17.5. The van der Waals surface area contributed by atoms with Gasteiger partial charge < -0.3 is 10.2 Å². The van der Waals surface area contributed by atoms with E-state index < -0.39 is 0 Å². The number of carbonyl (C=O) groups is 1. The maximum Gasteiger partial charge on any atom is 0.252 e. The van der Waals surface area contributed by atoms with Crippen molar-refractivity contribution in [1.29, 1.82) is 0 Å². The zero-order valence-corrected chi connectivity index (χ0v) is 13.1. The number of hydrogen-bond donors (Lipinski definition) is 1. The number of carbonyl (C=O) groups excluding carboxylic acids is 1. The van der Waals surface area contributed by atoms with Crippen molar-refractivity contribution in [3.63, 3.8) is 0 Å². The summed E-state index contributed by atoms with van der Waals surface area (Å²) < 4.78 is 0. The summed E-state index contributed by atoms with van der Waals surface area (Å²) in [6.07, 6.45) is 1.09. The van der Waals surface area contributed by atoms with Gasteiger partial charge in [0.05, 0.1) is 10.6 Å². The van der Waals surface area contributed by atoms with Crippen LogP contribution in [0.15, 0.2) is 54.6 Å². The Morgan fingerprint density at radius 1 is 1.14 bits per heavy atom. The predicted molar refractivity (Wildman–Crippen MR) is 90.5 cm³/mol. The molecule has 1 atom stereocenters. The summed E-state index contributed by atoms with van der Waals surface area (Å²) >= 11 is 6.05. The minimum Gasteiger partial charge on any atom is -0.371 e. The number of rotatable bonds is 4. The smallest absolute Gasteiger partial charge is 0.252 e. The molecular formula is C18H19ClN2O. The fourth-order valence-corrected chi connectivity index (χ4v) is 3.07. The van der Waals surface area contributed by atoms with E-state index in [1.54, 1.807) is 12.1 Å². The van der Waals surface area contributed by atoms with Crippen molar-refractivity contribution >= 4 is 23.2 Å². The highest BCUT2D eigenvalue weighted by atomic mass is 35.5. The molecule has 0 bridgehead atoms. The molecule has 2 aromatic carbocycles. The zero-order chi connectivity index (χ0) is 15.4. The van der Waals surface area contributed by atoms with Gasteiger partial charge in [-0.1, -0.05) is 41.9 Å². The first-order chi connectivity index (χ1) is 10.7. The zero-order valence-electron chi connectivity index (χ0n) is 12.3. The van der Waals surface area contributed by atoms with Crippen LogP contribution in [0.25, 0.3) is 0 Å². The molecule has 1 fully saturated rings. The molecule has 1 heterocycles. The van der Waals surface area contributed by atoms with Crippen LogP contribution in [0.2, 0.25) is 5.02 Å². The Kier molecular flexibility index (Phi) is 4.64. The molecule has 0 unspecified atom stereocenters. The molecule has 0 spiro atoms. The first kappa shape index (κ1) is 14.9. The molecule has 1 aliphatic heterocycles. The van der Waals surface area contributed by atoms with E-state index in [-0.39, 0.29) is 5.91 Å². The van der Waals surface area contributed by atoms with E-state index >= 15 is 0 Å². The summed E-state index contributed by atoms with van der Waals surface area (Å²) in [7, 11) is 0. The summed E-state index contributed by atoms with van der Waals surface area (Å²) in [4.78, 5) is 14.5. The second kappa shape index (κ2) is 6.84. The standard InChI is InChI=1S/C18H19ClN2O/c19-17-9-5-4-8-16(17)18(22)20-12-14-10-11-21(13-14)15-6-2-1-3-7-15/h1-9,14H,10-13H2,(H,20,22)/t14-/m0/s1. The van der Waals surface area contributed by atoms with Crippen molar-refractivity contribution in [2.75, 3.05) is 24.5 Å². The fourth-order valence-electron chi connectivity index (χ4n) is 2.85. The minimum atomic E-state index is -0.0937. The second-order valence-corrected chi connectivity index (χ2v) is 6.03. The van der Waals surface area contributed by atoms with Gasteiger partial charge in [-0.15, -0.1) is 0 Å². The quantitative estimate of drug-likeness (QED) is 0.935. The van der Waals surface area contributed by atoms with Crippen LogP contribution in [0.5, 0.6) is 0 Å². The third-order valence-corrected chi connectivity index (χ3v) is 4.41. The minimum absolute atomic E-state index is 0.0937. The normalized spacial score (nSPS) is 17.5. The molecule has 0 radical (unpaired) electrons. The van der Waals surface area contributed by atoms with Crippen molar-refractivity contribution < 1.29 is 4.79 Å². The summed E-state index contributed by atoms with van der Waals surface area (Å²) in [5.41, 5.74) is 1.80. The van der Waals surface area contributed by atoms with Gasteiger partial charge in [-0.05, 0) is 36.6 Å². The van der Waals surface area contributed by atoms with E-state index in [4.69, 9.17) is 11.6 Å². The Morgan fingerprint density at radius 3 is 2.64 bits per heavy atom. The van der Waals surface area contributed by atoms with Crippen molar-refractivity contribution in [2.45, 2.75) is 6.42 Å². The van der Waals surface area contributed by atoms with Gasteiger partial charge in [0.2, 0.25) is 0 Å². The van der Waals surface area contributed by atoms with Gasteiger partial charge >= 0.3 is 0 Å². The first-order valence-electron chi connectivity index (χ1n) is 7.57. The number of nitrogens with one attached hydrogen (secondary N) is 1. The van der Waals surface area contributed by atoms with Crippen LogP contribution in [-0.2, 0) is 0 Å². The average molecular weight is 315 g/mol. The topological polar surface area (TPSA) is 32.3 Å². The molecule has 0 saturated carbocycles. The Bertz CT molecular complexity index is 645. The van der Waals surface area contributed by atoms with Crippen LogP contribution in [-0.4, -0.2) is 25.5 Å². The van der Waals surface area contributed by atoms with Crippen molar-refractivity contribution in [1.82, 2.24) is 5.32 Å². The fraction of sp³-hybridized carbons (Fsp3) is 0.278. The number of hydrogen-bond acceptors (Lipinski definition) is 2. The third-order valence-electron chi connectivity index (χ3n) is 4.08. The van der Waals surface area contributed by atoms with Crippen LogP contribution in [0, 0.1) is 5.92 Å². The second-order valence-electron chi connectivity index (χ2n) is 5.63. The van der Waals surface area contributed by atoms with Crippen LogP contribution < -0.4 is 10.2 Å². The van der Waals surface area contributed by atoms with Crippen LogP contribution in [0.1, 0.15) is 16.8 Å². The summed E-state index contributed by atoms with van der Waals surface area (Å²) in [5, 5.41) is 3.50. The van der Waals surface area contributed by atoms with E-state index in [2.05, 4.69) is 34.5 Å². The van der Waals surface area contributed by atoms with E-state index in [0.717, 1.165) is 19.5 Å². The van der Waals surface area contributed by atoms with Gasteiger partial charge in [0.25, 0.3) is 5.91 Å². The predicted octanol–water partition coefficient (Wildman–Crippen LogP) is 3.60. The number of nitrogens with zero attached hydrogens (tertiary/aromatic N) is 1. The van der Waals surface area contributed by atoms with Crippen LogP contribution >= 0.6 is 11.6 Å². The van der Waals surface area contributed by atoms with E-state index in [1.807, 2.05) is 18.2 Å². The lowest BCUT2D eigenvalue weighted by Crippen LogP contribution is -2.31. The highest BCUT2D eigenvalue weighted by Gasteiger charge is 2.23. The molecule has 3 rings (SSSR count). The molecular weight excluding hydrogens is 296 g/mol. The SMILES string of the molecule is O=C(NC[C@@H]1CCN(c2ccccc2)C1)c1ccccc1Cl. The van der Waals surface area contributed by atoms with Gasteiger partial charge in [-0.3, -0.25) is 4.79 Å². The summed E-state index contributed by atoms with van der Waals surface area (Å²) in [5.74, 6) is 0.385. The summed E-state index contributed by atoms with van der Waals surface area (Å²) in [6.45, 7) is 2.71. The highest BCUT2D eigenvalue weighted by molar-refractivity contribution is 6.33. The molecule has 114 valence electrons. The highest BCUT2D eigenvalue weighted by Crippen LogP contribution is 2.23. The maximum atomic E-state index is 12.2. The molecule has 1 amide bonds. The molecule has 4 heteroatoms. The van der Waals surface area contributed by atoms with E-state index in [1.165, 1.54) is 5.69 Å². The monoisotopic (exact) mass is 314 g/mol. The van der Waals surface area contributed by atoms with E-state index in [9.17, 15) is 4.79 Å². The molecule has 0 aliphatic carbocycles. The molecule has 22 heavy (non-hydrogen) atoms. The first-order valence-corrected chi connectivity index (χ1v) is 7.94. The van der Waals surface area contributed by atoms with Gasteiger partial charge in [0.1, 0.15) is 0 Å². The average Bonchev–Trinajstić information content (AvgIpc) is 3.03. The molecule has 1 N–H and O–H groups in total. The number of amides is 1. The number of para-hydroxylation sites is 1. The molecule has 0 aromatic heterocycles. The number of benzene rings is 2. The van der Waals surface area contributed by atoms with E-state index in [0.29, 0.717) is 23.0 Å². The molecule has 1 aliphatic rings. The Morgan fingerprint density at radius 2 is 1.86 bits per heavy atom. The van der Waals surface area contributed by atoms with Crippen molar-refractivity contribution in [2.24, 2.45) is 5.92 Å². The van der Waals surface area contributed by atoms with Gasteiger partial charge in [-0.2, -0.15) is 0 Å². The Hall–Kier alpha value is -2.00. The maximum absolute atomic E-state index is 12.2. The Labute approximate surface area is 135 Å². The third kappa shape index (κ3) is 3.42. The lowest BCUT2D eigenvalue weighted by Gasteiger charge is -2.18. The van der Waals surface area contributed by atoms with Gasteiger partial charge in [0, 0.05) is 25.3 Å². The molecule has 3 nitrogen and oxygen atoms in total. The molecule has 2 aromatic rings. The largest absolute Gasteiger partial charge is 0.371 e. The van der Waals surface area contributed by atoms with Gasteiger partial charge in [-0.25, -0.2) is 0 Å². The van der Waals surface area contributed by atoms with Gasteiger partial charge in [0.15, 0.2) is 0 Å². The van der Waals surface area contributed by atoms with Crippen molar-refractivity contribution in [3.8, 4) is 0 Å². The number of halogens is 1. The van der Waals surface area contributed by atoms with Crippen LogP contribution in [0.4, 0.5) is 5.69 Å².